The Morgan fingerprint density at radius 2 is 2.27 bits per heavy atom. The first-order valence-electron chi connectivity index (χ1n) is 4.61. The molecule has 1 heterocycles. The Labute approximate surface area is 78.0 Å². The number of halogens is 1. The van der Waals surface area contributed by atoms with Crippen molar-refractivity contribution in [2.75, 3.05) is 13.1 Å². The molecule has 0 radical (unpaired) electrons. The minimum atomic E-state index is -3.14. The minimum Gasteiger partial charge on any atom is -0.461 e. The normalized spacial score (nSPS) is 17.6. The Balaban J connectivity index is 2.82. The molecule has 0 saturated carbocycles. The van der Waals surface area contributed by atoms with Gasteiger partial charge in [-0.25, -0.2) is 9.97 Å². The van der Waals surface area contributed by atoms with Crippen molar-refractivity contribution in [1.29, 1.82) is 0 Å². The second-order valence-corrected chi connectivity index (χ2v) is 2.42. The van der Waals surface area contributed by atoms with Gasteiger partial charge < -0.3 is 9.84 Å². The predicted molar refractivity (Wildman–Crippen MR) is 42.3 cm³/mol. The highest BCUT2D eigenvalue weighted by Gasteiger charge is 1.94. The Kier molecular flexibility index (Phi) is 1.69. The van der Waals surface area contributed by atoms with Crippen LogP contribution >= 0.6 is 15.9 Å². The smallest absolute Gasteiger partial charge is 0.316 e. The summed E-state index contributed by atoms with van der Waals surface area (Å²) in [6, 6.07) is -0.360. The molecule has 0 saturated heterocycles. The summed E-state index contributed by atoms with van der Waals surface area (Å²) in [4.78, 5) is 7.16. The number of rotatable bonds is 3. The Morgan fingerprint density at radius 1 is 1.64 bits per heavy atom. The summed E-state index contributed by atoms with van der Waals surface area (Å²) in [5, 5.41) is 8.83. The van der Waals surface area contributed by atoms with E-state index in [0.29, 0.717) is 4.47 Å². The summed E-state index contributed by atoms with van der Waals surface area (Å²) in [5.41, 5.74) is 0. The van der Waals surface area contributed by atoms with Crippen LogP contribution in [0.4, 0.5) is 0 Å². The highest BCUT2D eigenvalue weighted by molar-refractivity contribution is 9.10. The quantitative estimate of drug-likeness (QED) is 0.815. The number of nitrogens with zero attached hydrogens (tertiary/aromatic N) is 2. The van der Waals surface area contributed by atoms with Gasteiger partial charge in [0.25, 0.3) is 0 Å². The van der Waals surface area contributed by atoms with Crippen molar-refractivity contribution in [1.82, 2.24) is 9.97 Å². The molecule has 0 unspecified atom stereocenters. The zero-order valence-electron chi connectivity index (χ0n) is 9.28. The number of aliphatic hydroxyl groups is 1. The highest BCUT2D eigenvalue weighted by atomic mass is 79.9. The zero-order chi connectivity index (χ0) is 11.7. The minimum absolute atomic E-state index is 0.360. The lowest BCUT2D eigenvalue weighted by Crippen LogP contribution is -2.04. The lowest BCUT2D eigenvalue weighted by atomic mass is 10.7. The Morgan fingerprint density at radius 3 is 2.82 bits per heavy atom. The number of aromatic nitrogens is 2. The maximum Gasteiger partial charge on any atom is 0.316 e. The molecule has 11 heavy (non-hydrogen) atoms. The van der Waals surface area contributed by atoms with E-state index in [-0.39, 0.29) is 6.01 Å². The van der Waals surface area contributed by atoms with E-state index in [1.807, 2.05) is 0 Å². The van der Waals surface area contributed by atoms with E-state index in [1.54, 1.807) is 0 Å². The van der Waals surface area contributed by atoms with Crippen molar-refractivity contribution in [3.8, 4) is 6.01 Å². The Hall–Kier alpha value is -0.680. The Bertz CT molecular complexity index is 340. The molecule has 0 amide bonds. The van der Waals surface area contributed by atoms with Gasteiger partial charge in [-0.15, -0.1) is 0 Å². The molecule has 4 nitrogen and oxygen atoms in total. The monoisotopic (exact) mass is 222 g/mol. The zero-order valence-corrected chi connectivity index (χ0v) is 6.87. The lowest BCUT2D eigenvalue weighted by Gasteiger charge is -1.99. The van der Waals surface area contributed by atoms with Gasteiger partial charge in [-0.1, -0.05) is 0 Å². The molecule has 0 bridgehead atoms. The van der Waals surface area contributed by atoms with E-state index in [9.17, 15) is 0 Å². The first-order valence-corrected chi connectivity index (χ1v) is 3.40. The third-order valence-corrected chi connectivity index (χ3v) is 1.19. The van der Waals surface area contributed by atoms with E-state index >= 15 is 0 Å². The molecule has 0 aliphatic carbocycles. The molecule has 0 atom stereocenters. The summed E-state index contributed by atoms with van der Waals surface area (Å²) in [6.07, 6.45) is 2.62. The van der Waals surface area contributed by atoms with Crippen molar-refractivity contribution >= 4 is 15.9 Å². The molecule has 1 N–H and O–H groups in total. The van der Waals surface area contributed by atoms with Gasteiger partial charge in [0.2, 0.25) is 0 Å². The van der Waals surface area contributed by atoms with Gasteiger partial charge in [-0.2, -0.15) is 0 Å². The molecule has 0 aromatic carbocycles. The van der Waals surface area contributed by atoms with Gasteiger partial charge in [0.05, 0.1) is 16.5 Å². The fourth-order valence-corrected chi connectivity index (χ4v) is 0.626. The summed E-state index contributed by atoms with van der Waals surface area (Å²) in [6.45, 7) is -6.05. The van der Waals surface area contributed by atoms with Crippen molar-refractivity contribution < 1.29 is 15.3 Å². The van der Waals surface area contributed by atoms with E-state index in [1.165, 1.54) is 12.4 Å². The second-order valence-electron chi connectivity index (χ2n) is 1.50. The van der Waals surface area contributed by atoms with Gasteiger partial charge in [-0.3, -0.25) is 0 Å². The van der Waals surface area contributed by atoms with Crippen molar-refractivity contribution in [2.45, 2.75) is 0 Å². The SMILES string of the molecule is [2H]C([2H])(O)C([2H])([2H])Oc1ncc(Br)cn1. The molecule has 0 fully saturated rings. The second kappa shape index (κ2) is 4.25. The summed E-state index contributed by atoms with van der Waals surface area (Å²) in [5.74, 6) is 0. The molecular formula is C6H7BrN2O2. The van der Waals surface area contributed by atoms with Crippen LogP contribution in [-0.4, -0.2) is 28.2 Å². The van der Waals surface area contributed by atoms with Crippen LogP contribution in [0.1, 0.15) is 5.48 Å². The molecule has 60 valence electrons. The largest absolute Gasteiger partial charge is 0.461 e. The van der Waals surface area contributed by atoms with E-state index in [0.717, 1.165) is 0 Å². The fourth-order valence-electron chi connectivity index (χ4n) is 0.422. The van der Waals surface area contributed by atoms with E-state index < -0.39 is 13.1 Å². The average Bonchev–Trinajstić information content (AvgIpc) is 2.06. The van der Waals surface area contributed by atoms with Crippen molar-refractivity contribution in [3.05, 3.63) is 16.9 Å². The van der Waals surface area contributed by atoms with Crippen LogP contribution in [-0.2, 0) is 0 Å². The summed E-state index contributed by atoms with van der Waals surface area (Å²) in [7, 11) is 0. The van der Waals surface area contributed by atoms with Crippen LogP contribution in [0.3, 0.4) is 0 Å². The van der Waals surface area contributed by atoms with Crippen LogP contribution in [0.2, 0.25) is 0 Å². The topological polar surface area (TPSA) is 55.2 Å². The third-order valence-electron chi connectivity index (χ3n) is 0.785. The van der Waals surface area contributed by atoms with Gasteiger partial charge in [0.1, 0.15) is 6.56 Å². The maximum absolute atomic E-state index is 8.83. The average molecular weight is 223 g/mol. The van der Waals surface area contributed by atoms with Gasteiger partial charge >= 0.3 is 6.01 Å². The van der Waals surface area contributed by atoms with E-state index in [4.69, 9.17) is 10.6 Å². The lowest BCUT2D eigenvalue weighted by molar-refractivity contribution is 0.191. The van der Waals surface area contributed by atoms with Crippen LogP contribution < -0.4 is 4.74 Å². The molecular weight excluding hydrogens is 212 g/mol. The molecule has 1 aromatic rings. The molecule has 1 aromatic heterocycles. The van der Waals surface area contributed by atoms with E-state index in [2.05, 4.69) is 30.6 Å². The molecule has 0 spiro atoms. The molecule has 5 heteroatoms. The number of ether oxygens (including phenoxy) is 1. The van der Waals surface area contributed by atoms with Crippen LogP contribution in [0, 0.1) is 0 Å². The number of hydrogen-bond donors (Lipinski definition) is 1. The van der Waals surface area contributed by atoms with Crippen molar-refractivity contribution in [2.24, 2.45) is 0 Å². The summed E-state index contributed by atoms with van der Waals surface area (Å²) < 4.78 is 32.8. The first kappa shape index (κ1) is 4.37. The van der Waals surface area contributed by atoms with Crippen molar-refractivity contribution in [3.63, 3.8) is 0 Å². The molecule has 0 aliphatic rings. The maximum atomic E-state index is 8.83. The van der Waals surface area contributed by atoms with Gasteiger partial charge in [-0.05, 0) is 15.9 Å². The first-order chi connectivity index (χ1) is 6.72. The fraction of sp³-hybridized carbons (Fsp3) is 0.333. The molecule has 0 aliphatic heterocycles. The highest BCUT2D eigenvalue weighted by Crippen LogP contribution is 2.07. The number of hydrogen-bond acceptors (Lipinski definition) is 4. The van der Waals surface area contributed by atoms with Gasteiger partial charge in [0.15, 0.2) is 0 Å². The van der Waals surface area contributed by atoms with Crippen LogP contribution in [0.5, 0.6) is 6.01 Å². The van der Waals surface area contributed by atoms with Crippen LogP contribution in [0.25, 0.3) is 0 Å². The third kappa shape index (κ3) is 2.81. The summed E-state index contributed by atoms with van der Waals surface area (Å²) >= 11 is 3.07. The predicted octanol–water partition coefficient (Wildman–Crippen LogP) is 0.610. The standard InChI is InChI=1S/C6H7BrN2O2/c7-5-3-8-6(9-4-5)11-2-1-10/h3-4,10H,1-2H2/i1D2,2D2. The van der Waals surface area contributed by atoms with Crippen LogP contribution in [0.15, 0.2) is 16.9 Å². The van der Waals surface area contributed by atoms with Gasteiger partial charge in [0, 0.05) is 12.4 Å². The molecule has 1 rings (SSSR count).